The summed E-state index contributed by atoms with van der Waals surface area (Å²) in [5.41, 5.74) is 4.51. The van der Waals surface area contributed by atoms with Crippen LogP contribution >= 0.6 is 12.4 Å². The topological polar surface area (TPSA) is 58.2 Å². The van der Waals surface area contributed by atoms with Gasteiger partial charge >= 0.3 is 0 Å². The van der Waals surface area contributed by atoms with Crippen molar-refractivity contribution in [2.75, 3.05) is 19.6 Å². The summed E-state index contributed by atoms with van der Waals surface area (Å²) in [6.07, 6.45) is 0. The van der Waals surface area contributed by atoms with Crippen molar-refractivity contribution >= 4 is 24.1 Å². The van der Waals surface area contributed by atoms with Gasteiger partial charge in [-0.15, -0.1) is 12.4 Å². The zero-order valence-corrected chi connectivity index (χ0v) is 14.9. The lowest BCUT2D eigenvalue weighted by atomic mass is 9.86. The van der Waals surface area contributed by atoms with E-state index in [1.165, 1.54) is 0 Å². The number of hydrogen-bond donors (Lipinski definition) is 2. The smallest absolute Gasteiger partial charge is 0.251 e. The van der Waals surface area contributed by atoms with Crippen LogP contribution in [0.25, 0.3) is 11.1 Å². The van der Waals surface area contributed by atoms with Crippen LogP contribution < -0.4 is 10.6 Å². The largest absolute Gasteiger partial charge is 0.352 e. The van der Waals surface area contributed by atoms with E-state index in [1.807, 2.05) is 30.3 Å². The van der Waals surface area contributed by atoms with E-state index in [2.05, 4.69) is 22.8 Å². The highest BCUT2D eigenvalue weighted by molar-refractivity contribution is 5.98. The molecule has 1 saturated heterocycles. The maximum Gasteiger partial charge on any atom is 0.251 e. The highest BCUT2D eigenvalue weighted by Gasteiger charge is 2.34. The Bertz CT molecular complexity index is 834. The SMILES string of the molecule is CC(=O)c1cccc(-c2ccc3c(c2)C(=O)NC[C@@H]2CNC[C@@H]32)c1.Cl. The van der Waals surface area contributed by atoms with Gasteiger partial charge in [-0.1, -0.05) is 30.3 Å². The van der Waals surface area contributed by atoms with E-state index in [4.69, 9.17) is 0 Å². The average Bonchev–Trinajstić information content (AvgIpc) is 3.03. The number of amides is 1. The molecule has 25 heavy (non-hydrogen) atoms. The van der Waals surface area contributed by atoms with Crippen molar-refractivity contribution in [3.63, 3.8) is 0 Å². The van der Waals surface area contributed by atoms with Gasteiger partial charge in [-0.2, -0.15) is 0 Å². The molecule has 0 unspecified atom stereocenters. The number of hydrogen-bond acceptors (Lipinski definition) is 3. The minimum atomic E-state index is 0. The molecule has 2 aliphatic heterocycles. The van der Waals surface area contributed by atoms with E-state index in [-0.39, 0.29) is 24.1 Å². The normalized spacial score (nSPS) is 21.4. The molecule has 2 aliphatic rings. The summed E-state index contributed by atoms with van der Waals surface area (Å²) >= 11 is 0. The number of carbonyl (C=O) groups excluding carboxylic acids is 2. The molecule has 2 heterocycles. The minimum Gasteiger partial charge on any atom is -0.352 e. The molecule has 0 radical (unpaired) electrons. The fraction of sp³-hybridized carbons (Fsp3) is 0.300. The van der Waals surface area contributed by atoms with E-state index in [0.29, 0.717) is 17.4 Å². The molecular formula is C20H21ClN2O2. The van der Waals surface area contributed by atoms with Crippen molar-refractivity contribution in [2.45, 2.75) is 12.8 Å². The van der Waals surface area contributed by atoms with Crippen molar-refractivity contribution in [2.24, 2.45) is 5.92 Å². The second-order valence-corrected chi connectivity index (χ2v) is 6.67. The van der Waals surface area contributed by atoms with E-state index < -0.39 is 0 Å². The number of ketones is 1. The van der Waals surface area contributed by atoms with Crippen molar-refractivity contribution < 1.29 is 9.59 Å². The Labute approximate surface area is 153 Å². The lowest BCUT2D eigenvalue weighted by Gasteiger charge is -2.17. The Morgan fingerprint density at radius 1 is 1.04 bits per heavy atom. The van der Waals surface area contributed by atoms with E-state index in [1.54, 1.807) is 6.92 Å². The molecule has 0 bridgehead atoms. The molecular weight excluding hydrogens is 336 g/mol. The molecule has 0 saturated carbocycles. The third-order valence-electron chi connectivity index (χ3n) is 5.16. The number of rotatable bonds is 2. The highest BCUT2D eigenvalue weighted by atomic mass is 35.5. The Kier molecular flexibility index (Phi) is 4.93. The van der Waals surface area contributed by atoms with Crippen LogP contribution in [0.3, 0.4) is 0 Å². The molecule has 130 valence electrons. The first-order valence-electron chi connectivity index (χ1n) is 8.38. The predicted molar refractivity (Wildman–Crippen MR) is 101 cm³/mol. The predicted octanol–water partition coefficient (Wildman–Crippen LogP) is 3.02. The lowest BCUT2D eigenvalue weighted by Crippen LogP contribution is -2.28. The zero-order chi connectivity index (χ0) is 16.7. The molecule has 4 rings (SSSR count). The van der Waals surface area contributed by atoms with Gasteiger partial charge in [0.2, 0.25) is 0 Å². The monoisotopic (exact) mass is 356 g/mol. The van der Waals surface area contributed by atoms with Gasteiger partial charge in [0.1, 0.15) is 0 Å². The van der Waals surface area contributed by atoms with Crippen LogP contribution in [0.5, 0.6) is 0 Å². The average molecular weight is 357 g/mol. The standard InChI is InChI=1S/C20H20N2O2.ClH/c1-12(23)13-3-2-4-14(7-13)15-5-6-17-18(8-15)20(24)22-10-16-9-21-11-19(16)17;/h2-8,16,19,21H,9-11H2,1H3,(H,22,24);1H/t16-,19+;/m0./s1. The van der Waals surface area contributed by atoms with Gasteiger partial charge in [-0.3, -0.25) is 9.59 Å². The van der Waals surface area contributed by atoms with E-state index in [9.17, 15) is 9.59 Å². The third kappa shape index (κ3) is 3.20. The van der Waals surface area contributed by atoms with E-state index >= 15 is 0 Å². The van der Waals surface area contributed by atoms with Crippen molar-refractivity contribution in [1.82, 2.24) is 10.6 Å². The van der Waals surface area contributed by atoms with Crippen LogP contribution in [0.4, 0.5) is 0 Å². The highest BCUT2D eigenvalue weighted by Crippen LogP contribution is 2.34. The summed E-state index contributed by atoms with van der Waals surface area (Å²) < 4.78 is 0. The Morgan fingerprint density at radius 2 is 1.84 bits per heavy atom. The molecule has 0 aliphatic carbocycles. The first-order valence-corrected chi connectivity index (χ1v) is 8.38. The number of halogens is 1. The molecule has 0 spiro atoms. The second kappa shape index (κ2) is 6.98. The van der Waals surface area contributed by atoms with Crippen LogP contribution in [0, 0.1) is 5.92 Å². The summed E-state index contributed by atoms with van der Waals surface area (Å²) in [5.74, 6) is 0.895. The molecule has 2 N–H and O–H groups in total. The summed E-state index contributed by atoms with van der Waals surface area (Å²) in [4.78, 5) is 24.1. The van der Waals surface area contributed by atoms with Gasteiger partial charge < -0.3 is 10.6 Å². The van der Waals surface area contributed by atoms with Gasteiger partial charge in [0.25, 0.3) is 5.91 Å². The summed E-state index contributed by atoms with van der Waals surface area (Å²) in [6.45, 7) is 4.16. The Morgan fingerprint density at radius 3 is 2.64 bits per heavy atom. The Balaban J connectivity index is 0.00000182. The molecule has 4 nitrogen and oxygen atoms in total. The number of nitrogens with one attached hydrogen (secondary N) is 2. The second-order valence-electron chi connectivity index (χ2n) is 6.67. The fourth-order valence-electron chi connectivity index (χ4n) is 3.80. The van der Waals surface area contributed by atoms with Gasteiger partial charge in [0.15, 0.2) is 5.78 Å². The van der Waals surface area contributed by atoms with E-state index in [0.717, 1.165) is 41.9 Å². The molecule has 1 amide bonds. The van der Waals surface area contributed by atoms with Crippen molar-refractivity contribution in [1.29, 1.82) is 0 Å². The number of carbonyl (C=O) groups is 2. The lowest BCUT2D eigenvalue weighted by molar-refractivity contribution is 0.0951. The number of fused-ring (bicyclic) bond motifs is 3. The number of Topliss-reactive ketones (excluding diaryl/α,β-unsaturated/α-hetero) is 1. The van der Waals surface area contributed by atoms with Crippen LogP contribution in [0.15, 0.2) is 42.5 Å². The maximum atomic E-state index is 12.5. The summed E-state index contributed by atoms with van der Waals surface area (Å²) in [6, 6.07) is 13.7. The summed E-state index contributed by atoms with van der Waals surface area (Å²) in [5, 5.41) is 6.47. The molecule has 1 fully saturated rings. The quantitative estimate of drug-likeness (QED) is 0.813. The van der Waals surface area contributed by atoms with Crippen molar-refractivity contribution in [3.05, 3.63) is 59.2 Å². The molecule has 2 aromatic carbocycles. The third-order valence-corrected chi connectivity index (χ3v) is 5.16. The molecule has 5 heteroatoms. The van der Waals surface area contributed by atoms with Gasteiger partial charge in [-0.05, 0) is 41.7 Å². The fourth-order valence-corrected chi connectivity index (χ4v) is 3.80. The first-order chi connectivity index (χ1) is 11.6. The van der Waals surface area contributed by atoms with Crippen LogP contribution in [-0.2, 0) is 0 Å². The first kappa shape index (κ1) is 17.6. The van der Waals surface area contributed by atoms with Crippen LogP contribution in [0.2, 0.25) is 0 Å². The zero-order valence-electron chi connectivity index (χ0n) is 14.0. The maximum absolute atomic E-state index is 12.5. The van der Waals surface area contributed by atoms with Gasteiger partial charge in [0, 0.05) is 36.7 Å². The molecule has 2 atom stereocenters. The van der Waals surface area contributed by atoms with Gasteiger partial charge in [0.05, 0.1) is 0 Å². The van der Waals surface area contributed by atoms with Gasteiger partial charge in [-0.25, -0.2) is 0 Å². The molecule has 0 aromatic heterocycles. The Hall–Kier alpha value is -2.17. The summed E-state index contributed by atoms with van der Waals surface area (Å²) in [7, 11) is 0. The minimum absolute atomic E-state index is 0. The number of benzene rings is 2. The van der Waals surface area contributed by atoms with Crippen LogP contribution in [-0.4, -0.2) is 31.3 Å². The molecule has 2 aromatic rings. The van der Waals surface area contributed by atoms with Crippen LogP contribution in [0.1, 0.15) is 39.1 Å². The van der Waals surface area contributed by atoms with Crippen molar-refractivity contribution in [3.8, 4) is 11.1 Å².